The minimum atomic E-state index is 0. The Morgan fingerprint density at radius 2 is 1.87 bits per heavy atom. The standard InChI is InChI=1S/C10H15N3S.ClH/c11-5-10-12-6-9(7-13-10)8-1-3-14-4-2-8;/h6-8H,1-5,11H2;1H. The highest BCUT2D eigenvalue weighted by molar-refractivity contribution is 7.99. The van der Waals surface area contributed by atoms with Crippen LogP contribution >= 0.6 is 24.2 Å². The summed E-state index contributed by atoms with van der Waals surface area (Å²) in [5.41, 5.74) is 6.73. The van der Waals surface area contributed by atoms with E-state index in [1.165, 1.54) is 29.9 Å². The molecule has 0 atom stereocenters. The average molecular weight is 246 g/mol. The molecule has 2 rings (SSSR count). The fraction of sp³-hybridized carbons (Fsp3) is 0.600. The maximum Gasteiger partial charge on any atom is 0.141 e. The number of rotatable bonds is 2. The van der Waals surface area contributed by atoms with Gasteiger partial charge in [0.1, 0.15) is 5.82 Å². The highest BCUT2D eigenvalue weighted by Crippen LogP contribution is 2.30. The van der Waals surface area contributed by atoms with Crippen LogP contribution in [0.3, 0.4) is 0 Å². The highest BCUT2D eigenvalue weighted by Gasteiger charge is 2.16. The van der Waals surface area contributed by atoms with E-state index in [2.05, 4.69) is 9.97 Å². The van der Waals surface area contributed by atoms with E-state index >= 15 is 0 Å². The highest BCUT2D eigenvalue weighted by atomic mass is 35.5. The Labute approximate surface area is 101 Å². The van der Waals surface area contributed by atoms with E-state index in [0.29, 0.717) is 12.5 Å². The van der Waals surface area contributed by atoms with E-state index in [1.54, 1.807) is 0 Å². The van der Waals surface area contributed by atoms with Gasteiger partial charge in [-0.3, -0.25) is 0 Å². The topological polar surface area (TPSA) is 51.8 Å². The average Bonchev–Trinajstić information content (AvgIpc) is 2.30. The molecule has 0 unspecified atom stereocenters. The fourth-order valence-corrected chi connectivity index (χ4v) is 2.82. The van der Waals surface area contributed by atoms with Gasteiger partial charge in [0.25, 0.3) is 0 Å². The van der Waals surface area contributed by atoms with Crippen LogP contribution in [0.1, 0.15) is 30.1 Å². The summed E-state index contributed by atoms with van der Waals surface area (Å²) in [6.07, 6.45) is 6.40. The number of hydrogen-bond donors (Lipinski definition) is 1. The van der Waals surface area contributed by atoms with Gasteiger partial charge in [-0.25, -0.2) is 9.97 Å². The van der Waals surface area contributed by atoms with Crippen molar-refractivity contribution >= 4 is 24.2 Å². The maximum absolute atomic E-state index is 5.45. The van der Waals surface area contributed by atoms with E-state index in [4.69, 9.17) is 5.73 Å². The van der Waals surface area contributed by atoms with Gasteiger partial charge in [0.15, 0.2) is 0 Å². The molecule has 1 aromatic rings. The zero-order chi connectivity index (χ0) is 9.80. The van der Waals surface area contributed by atoms with Crippen LogP contribution < -0.4 is 5.73 Å². The second-order valence-corrected chi connectivity index (χ2v) is 4.75. The van der Waals surface area contributed by atoms with Gasteiger partial charge >= 0.3 is 0 Å². The Morgan fingerprint density at radius 1 is 1.27 bits per heavy atom. The van der Waals surface area contributed by atoms with Gasteiger partial charge in [0, 0.05) is 12.4 Å². The van der Waals surface area contributed by atoms with Crippen molar-refractivity contribution in [2.45, 2.75) is 25.3 Å². The van der Waals surface area contributed by atoms with Crippen molar-refractivity contribution in [2.24, 2.45) is 5.73 Å². The first-order valence-electron chi connectivity index (χ1n) is 4.99. The zero-order valence-electron chi connectivity index (χ0n) is 8.56. The van der Waals surface area contributed by atoms with E-state index in [9.17, 15) is 0 Å². The SMILES string of the molecule is Cl.NCc1ncc(C2CCSCC2)cn1. The first-order chi connectivity index (χ1) is 6.90. The molecule has 0 spiro atoms. The summed E-state index contributed by atoms with van der Waals surface area (Å²) in [5, 5.41) is 0. The molecular weight excluding hydrogens is 230 g/mol. The van der Waals surface area contributed by atoms with Crippen molar-refractivity contribution in [3.05, 3.63) is 23.8 Å². The normalized spacial score (nSPS) is 17.1. The lowest BCUT2D eigenvalue weighted by molar-refractivity contribution is 0.629. The van der Waals surface area contributed by atoms with Crippen molar-refractivity contribution in [3.63, 3.8) is 0 Å². The summed E-state index contributed by atoms with van der Waals surface area (Å²) < 4.78 is 0. The molecule has 5 heteroatoms. The summed E-state index contributed by atoms with van der Waals surface area (Å²) in [5.74, 6) is 3.94. The van der Waals surface area contributed by atoms with Crippen LogP contribution in [0.25, 0.3) is 0 Å². The molecule has 2 N–H and O–H groups in total. The summed E-state index contributed by atoms with van der Waals surface area (Å²) >= 11 is 2.04. The molecule has 0 saturated carbocycles. The van der Waals surface area contributed by atoms with Crippen molar-refractivity contribution in [3.8, 4) is 0 Å². The molecule has 0 aliphatic carbocycles. The Balaban J connectivity index is 0.00000112. The third kappa shape index (κ3) is 3.33. The Hall–Kier alpha value is -0.320. The molecule has 1 saturated heterocycles. The van der Waals surface area contributed by atoms with Crippen LogP contribution in [-0.2, 0) is 6.54 Å². The van der Waals surface area contributed by atoms with Crippen LogP contribution in [0.5, 0.6) is 0 Å². The molecule has 1 fully saturated rings. The van der Waals surface area contributed by atoms with Crippen molar-refractivity contribution in [1.29, 1.82) is 0 Å². The summed E-state index contributed by atoms with van der Waals surface area (Å²) in [4.78, 5) is 8.46. The third-order valence-corrected chi connectivity index (χ3v) is 3.65. The van der Waals surface area contributed by atoms with Crippen molar-refractivity contribution in [1.82, 2.24) is 9.97 Å². The summed E-state index contributed by atoms with van der Waals surface area (Å²) in [6.45, 7) is 0.431. The van der Waals surface area contributed by atoms with Gasteiger partial charge in [-0.15, -0.1) is 12.4 Å². The molecule has 15 heavy (non-hydrogen) atoms. The lowest BCUT2D eigenvalue weighted by atomic mass is 9.96. The predicted molar refractivity (Wildman–Crippen MR) is 66.5 cm³/mol. The van der Waals surface area contributed by atoms with E-state index < -0.39 is 0 Å². The van der Waals surface area contributed by atoms with Crippen LogP contribution in [0.2, 0.25) is 0 Å². The number of thioether (sulfide) groups is 1. The molecule has 1 aromatic heterocycles. The monoisotopic (exact) mass is 245 g/mol. The summed E-state index contributed by atoms with van der Waals surface area (Å²) in [7, 11) is 0. The van der Waals surface area contributed by atoms with Gasteiger partial charge in [-0.05, 0) is 35.8 Å². The van der Waals surface area contributed by atoms with E-state index in [0.717, 1.165) is 5.82 Å². The molecule has 84 valence electrons. The first kappa shape index (κ1) is 12.7. The van der Waals surface area contributed by atoms with E-state index in [1.807, 2.05) is 24.2 Å². The maximum atomic E-state index is 5.45. The lowest BCUT2D eigenvalue weighted by Gasteiger charge is -2.20. The minimum Gasteiger partial charge on any atom is -0.324 e. The molecule has 0 bridgehead atoms. The molecular formula is C10H16ClN3S. The number of nitrogens with zero attached hydrogens (tertiary/aromatic N) is 2. The van der Waals surface area contributed by atoms with Crippen molar-refractivity contribution < 1.29 is 0 Å². The molecule has 1 aliphatic rings. The first-order valence-corrected chi connectivity index (χ1v) is 6.14. The van der Waals surface area contributed by atoms with Crippen LogP contribution in [-0.4, -0.2) is 21.5 Å². The fourth-order valence-electron chi connectivity index (χ4n) is 1.71. The number of nitrogens with two attached hydrogens (primary N) is 1. The third-order valence-electron chi connectivity index (χ3n) is 2.60. The second kappa shape index (κ2) is 6.30. The zero-order valence-corrected chi connectivity index (χ0v) is 10.2. The Morgan fingerprint density at radius 3 is 2.40 bits per heavy atom. The number of aromatic nitrogens is 2. The largest absolute Gasteiger partial charge is 0.324 e. The number of hydrogen-bond acceptors (Lipinski definition) is 4. The number of halogens is 1. The lowest BCUT2D eigenvalue weighted by Crippen LogP contribution is -2.10. The van der Waals surface area contributed by atoms with Crippen LogP contribution in [0.4, 0.5) is 0 Å². The smallest absolute Gasteiger partial charge is 0.141 e. The van der Waals surface area contributed by atoms with Crippen LogP contribution in [0, 0.1) is 0 Å². The van der Waals surface area contributed by atoms with Crippen molar-refractivity contribution in [2.75, 3.05) is 11.5 Å². The van der Waals surface area contributed by atoms with Gasteiger partial charge in [0.05, 0.1) is 6.54 Å². The second-order valence-electron chi connectivity index (χ2n) is 3.52. The Kier molecular flexibility index (Phi) is 5.36. The van der Waals surface area contributed by atoms with E-state index in [-0.39, 0.29) is 12.4 Å². The summed E-state index contributed by atoms with van der Waals surface area (Å²) in [6, 6.07) is 0. The minimum absolute atomic E-state index is 0. The predicted octanol–water partition coefficient (Wildman–Crippen LogP) is 1.97. The van der Waals surface area contributed by atoms with Gasteiger partial charge in [-0.1, -0.05) is 0 Å². The molecule has 0 radical (unpaired) electrons. The molecule has 0 amide bonds. The quantitative estimate of drug-likeness (QED) is 0.866. The molecule has 1 aliphatic heterocycles. The molecule has 2 heterocycles. The van der Waals surface area contributed by atoms with Gasteiger partial charge in [0.2, 0.25) is 0 Å². The molecule has 0 aromatic carbocycles. The molecule has 3 nitrogen and oxygen atoms in total. The van der Waals surface area contributed by atoms with Gasteiger partial charge < -0.3 is 5.73 Å². The Bertz CT molecular complexity index is 285. The van der Waals surface area contributed by atoms with Gasteiger partial charge in [-0.2, -0.15) is 11.8 Å². The van der Waals surface area contributed by atoms with Crippen LogP contribution in [0.15, 0.2) is 12.4 Å².